The smallest absolute Gasteiger partial charge is 0.338 e. The van der Waals surface area contributed by atoms with Crippen molar-refractivity contribution in [1.29, 1.82) is 0 Å². The van der Waals surface area contributed by atoms with Crippen LogP contribution >= 0.6 is 0 Å². The molecule has 34 heavy (non-hydrogen) atoms. The van der Waals surface area contributed by atoms with Gasteiger partial charge >= 0.3 is 11.9 Å². The fourth-order valence-corrected chi connectivity index (χ4v) is 4.13. The summed E-state index contributed by atoms with van der Waals surface area (Å²) >= 11 is 0. The van der Waals surface area contributed by atoms with Gasteiger partial charge < -0.3 is 28.4 Å². The number of cyclic esters (lactones) is 1. The minimum Gasteiger partial charge on any atom is -0.493 e. The Morgan fingerprint density at radius 2 is 1.76 bits per heavy atom. The maximum atomic E-state index is 12.7. The Hall–Kier alpha value is -3.26. The Morgan fingerprint density at radius 1 is 1.03 bits per heavy atom. The lowest BCUT2D eigenvalue weighted by molar-refractivity contribution is -0.167. The van der Waals surface area contributed by atoms with Gasteiger partial charge in [-0.25, -0.2) is 4.79 Å². The number of hydrogen-bond acceptors (Lipinski definition) is 8. The lowest BCUT2D eigenvalue weighted by Crippen LogP contribution is -2.38. The highest BCUT2D eigenvalue weighted by Gasteiger charge is 2.31. The van der Waals surface area contributed by atoms with Gasteiger partial charge in [0.1, 0.15) is 18.8 Å². The third-order valence-electron chi connectivity index (χ3n) is 5.99. The van der Waals surface area contributed by atoms with Crippen LogP contribution in [-0.2, 0) is 25.6 Å². The van der Waals surface area contributed by atoms with Crippen molar-refractivity contribution in [2.45, 2.75) is 38.9 Å². The Labute approximate surface area is 199 Å². The second-order valence-corrected chi connectivity index (χ2v) is 8.98. The number of carbonyl (C=O) groups excluding carboxylic acids is 2. The highest BCUT2D eigenvalue weighted by atomic mass is 16.6. The third-order valence-corrected chi connectivity index (χ3v) is 5.99. The molecule has 0 unspecified atom stereocenters. The normalized spacial score (nSPS) is 15.9. The summed E-state index contributed by atoms with van der Waals surface area (Å²) in [6, 6.07) is 9.17. The molecule has 8 nitrogen and oxygen atoms in total. The lowest BCUT2D eigenvalue weighted by Gasteiger charge is -2.29. The van der Waals surface area contributed by atoms with Crippen LogP contribution in [0.3, 0.4) is 0 Å². The molecule has 1 saturated heterocycles. The molecule has 2 aliphatic rings. The zero-order chi connectivity index (χ0) is 24.3. The van der Waals surface area contributed by atoms with Crippen LogP contribution in [0.5, 0.6) is 17.2 Å². The number of benzene rings is 2. The summed E-state index contributed by atoms with van der Waals surface area (Å²) in [5.41, 5.74) is 2.09. The van der Waals surface area contributed by atoms with Crippen LogP contribution in [0.15, 0.2) is 30.3 Å². The van der Waals surface area contributed by atoms with Crippen molar-refractivity contribution < 1.29 is 38.0 Å². The van der Waals surface area contributed by atoms with E-state index < -0.39 is 5.60 Å². The second-order valence-electron chi connectivity index (χ2n) is 8.98. The number of rotatable bonds is 8. The van der Waals surface area contributed by atoms with E-state index in [4.69, 9.17) is 28.4 Å². The van der Waals surface area contributed by atoms with Crippen molar-refractivity contribution >= 4 is 11.9 Å². The molecule has 0 saturated carbocycles. The summed E-state index contributed by atoms with van der Waals surface area (Å²) in [6.45, 7) is 5.10. The van der Waals surface area contributed by atoms with Gasteiger partial charge in [-0.05, 0) is 56.5 Å². The molecule has 0 radical (unpaired) electrons. The minimum absolute atomic E-state index is 0.102. The maximum absolute atomic E-state index is 12.7. The molecule has 0 atom stereocenters. The van der Waals surface area contributed by atoms with Gasteiger partial charge in [0.15, 0.2) is 11.5 Å². The highest BCUT2D eigenvalue weighted by molar-refractivity contribution is 5.94. The maximum Gasteiger partial charge on any atom is 0.338 e. The van der Waals surface area contributed by atoms with E-state index in [0.717, 1.165) is 16.7 Å². The molecule has 182 valence electrons. The fraction of sp³-hybridized carbons (Fsp3) is 0.462. The van der Waals surface area contributed by atoms with Crippen LogP contribution in [0.25, 0.3) is 11.1 Å². The van der Waals surface area contributed by atoms with E-state index in [9.17, 15) is 9.59 Å². The van der Waals surface area contributed by atoms with E-state index in [-0.39, 0.29) is 31.1 Å². The van der Waals surface area contributed by atoms with Gasteiger partial charge in [0.2, 0.25) is 5.75 Å². The SMILES string of the molecule is COc1ccc(-c2ccc3c(c2)COC3=O)c(OCC(C)(C)OC(=O)C2CCOCC2)c1OC. The van der Waals surface area contributed by atoms with E-state index in [1.54, 1.807) is 26.4 Å². The number of fused-ring (bicyclic) bond motifs is 1. The Balaban J connectivity index is 1.60. The molecule has 0 amide bonds. The number of hydrogen-bond donors (Lipinski definition) is 0. The van der Waals surface area contributed by atoms with Crippen LogP contribution in [0.1, 0.15) is 42.6 Å². The molecular formula is C26H30O8. The van der Waals surface area contributed by atoms with Gasteiger partial charge in [0.25, 0.3) is 0 Å². The largest absolute Gasteiger partial charge is 0.493 e. The Kier molecular flexibility index (Phi) is 6.97. The van der Waals surface area contributed by atoms with Crippen molar-refractivity contribution in [3.8, 4) is 28.4 Å². The summed E-state index contributed by atoms with van der Waals surface area (Å²) in [5.74, 6) is 0.683. The first kappa shape index (κ1) is 23.9. The topological polar surface area (TPSA) is 89.5 Å². The average Bonchev–Trinajstić information content (AvgIpc) is 3.22. The minimum atomic E-state index is -0.876. The third kappa shape index (κ3) is 4.97. The molecule has 4 rings (SSSR count). The van der Waals surface area contributed by atoms with Gasteiger partial charge in [0, 0.05) is 24.3 Å². The summed E-state index contributed by atoms with van der Waals surface area (Å²) in [5, 5.41) is 0. The van der Waals surface area contributed by atoms with Crippen LogP contribution in [0.2, 0.25) is 0 Å². The van der Waals surface area contributed by atoms with Crippen molar-refractivity contribution in [2.24, 2.45) is 5.92 Å². The standard InChI is InChI=1S/C26H30O8/c1-26(2,34-24(27)16-9-11-31-12-10-16)15-33-22-19(7-8-21(29-3)23(22)30-4)17-5-6-20-18(13-17)14-32-25(20)28/h5-8,13,16H,9-12,14-15H2,1-4H3. The summed E-state index contributed by atoms with van der Waals surface area (Å²) < 4.78 is 33.6. The van der Waals surface area contributed by atoms with Crippen molar-refractivity contribution in [1.82, 2.24) is 0 Å². The Bertz CT molecular complexity index is 1070. The monoisotopic (exact) mass is 470 g/mol. The zero-order valence-electron chi connectivity index (χ0n) is 20.0. The molecule has 0 N–H and O–H groups in total. The van der Waals surface area contributed by atoms with E-state index in [1.165, 1.54) is 0 Å². The van der Waals surface area contributed by atoms with Gasteiger partial charge in [0.05, 0.1) is 25.7 Å². The van der Waals surface area contributed by atoms with E-state index in [1.807, 2.05) is 32.0 Å². The van der Waals surface area contributed by atoms with Crippen molar-refractivity contribution in [3.63, 3.8) is 0 Å². The molecule has 2 heterocycles. The number of carbonyl (C=O) groups is 2. The van der Waals surface area contributed by atoms with Gasteiger partial charge in [-0.1, -0.05) is 6.07 Å². The molecule has 2 aromatic rings. The molecule has 2 aromatic carbocycles. The summed E-state index contributed by atoms with van der Waals surface area (Å²) in [7, 11) is 3.10. The molecule has 0 aromatic heterocycles. The number of esters is 2. The van der Waals surface area contributed by atoms with E-state index >= 15 is 0 Å². The van der Waals surface area contributed by atoms with Gasteiger partial charge in [-0.2, -0.15) is 0 Å². The van der Waals surface area contributed by atoms with Crippen LogP contribution in [-0.4, -0.2) is 51.6 Å². The van der Waals surface area contributed by atoms with Gasteiger partial charge in [-0.3, -0.25) is 4.79 Å². The van der Waals surface area contributed by atoms with Crippen molar-refractivity contribution in [2.75, 3.05) is 34.0 Å². The molecule has 0 bridgehead atoms. The molecule has 1 fully saturated rings. The molecular weight excluding hydrogens is 440 g/mol. The summed E-state index contributed by atoms with van der Waals surface area (Å²) in [6.07, 6.45) is 1.32. The number of ether oxygens (including phenoxy) is 6. The first-order valence-corrected chi connectivity index (χ1v) is 11.3. The van der Waals surface area contributed by atoms with E-state index in [0.29, 0.717) is 48.9 Å². The molecule has 8 heteroatoms. The summed E-state index contributed by atoms with van der Waals surface area (Å²) in [4.78, 5) is 24.5. The van der Waals surface area contributed by atoms with Crippen molar-refractivity contribution in [3.05, 3.63) is 41.5 Å². The first-order valence-electron chi connectivity index (χ1n) is 11.3. The second kappa shape index (κ2) is 9.93. The zero-order valence-corrected chi connectivity index (χ0v) is 20.0. The average molecular weight is 471 g/mol. The van der Waals surface area contributed by atoms with Crippen LogP contribution in [0.4, 0.5) is 0 Å². The van der Waals surface area contributed by atoms with E-state index in [2.05, 4.69) is 0 Å². The Morgan fingerprint density at radius 3 is 2.47 bits per heavy atom. The molecule has 2 aliphatic heterocycles. The molecule has 0 spiro atoms. The predicted octanol–water partition coefficient (Wildman–Crippen LogP) is 4.17. The van der Waals surface area contributed by atoms with Crippen LogP contribution < -0.4 is 14.2 Å². The predicted molar refractivity (Wildman–Crippen MR) is 123 cm³/mol. The highest BCUT2D eigenvalue weighted by Crippen LogP contribution is 2.45. The molecule has 0 aliphatic carbocycles. The van der Waals surface area contributed by atoms with Crippen LogP contribution in [0, 0.1) is 5.92 Å². The fourth-order valence-electron chi connectivity index (χ4n) is 4.13. The quantitative estimate of drug-likeness (QED) is 0.531. The lowest BCUT2D eigenvalue weighted by atomic mass is 9.99. The van der Waals surface area contributed by atoms with Gasteiger partial charge in [-0.15, -0.1) is 0 Å². The first-order chi connectivity index (χ1) is 16.3. The number of methoxy groups -OCH3 is 2.